The molecule has 0 radical (unpaired) electrons. The van der Waals surface area contributed by atoms with Gasteiger partial charge in [-0.2, -0.15) is 0 Å². The fourth-order valence-electron chi connectivity index (χ4n) is 3.43. The number of amides is 1. The van der Waals surface area contributed by atoms with Crippen LogP contribution >= 0.6 is 0 Å². The van der Waals surface area contributed by atoms with Gasteiger partial charge in [0.2, 0.25) is 5.95 Å². The van der Waals surface area contributed by atoms with Gasteiger partial charge in [0.1, 0.15) is 5.69 Å². The Labute approximate surface area is 168 Å². The number of carbonyl (C=O) groups is 1. The first-order chi connectivity index (χ1) is 13.7. The Morgan fingerprint density at radius 3 is 2.54 bits per heavy atom. The molecule has 1 amide bonds. The van der Waals surface area contributed by atoms with Crippen LogP contribution in [0, 0.1) is 6.92 Å². The van der Waals surface area contributed by atoms with Crippen molar-refractivity contribution in [3.05, 3.63) is 53.3 Å². The monoisotopic (exact) mass is 381 g/mol. The molecule has 3 rings (SSSR count). The van der Waals surface area contributed by atoms with Crippen LogP contribution in [0.15, 0.2) is 36.4 Å². The molecule has 1 saturated heterocycles. The standard InChI is InChI=1S/C22H31N5O/c1-3-4-8-11-23-21(28)20-16-18(2)24-22(25-20)27-14-12-26(13-15-27)17-19-9-6-5-7-10-19/h5-7,9-10,16H,3-4,8,11-15,17H2,1-2H3,(H,23,28). The molecular weight excluding hydrogens is 350 g/mol. The summed E-state index contributed by atoms with van der Waals surface area (Å²) in [6.07, 6.45) is 3.27. The van der Waals surface area contributed by atoms with Crippen molar-refractivity contribution in [3.63, 3.8) is 0 Å². The number of anilines is 1. The Bertz CT molecular complexity index is 757. The second kappa shape index (κ2) is 10.2. The van der Waals surface area contributed by atoms with Gasteiger partial charge in [0.15, 0.2) is 0 Å². The molecule has 6 nitrogen and oxygen atoms in total. The molecule has 0 bridgehead atoms. The summed E-state index contributed by atoms with van der Waals surface area (Å²) in [5, 5.41) is 2.97. The van der Waals surface area contributed by atoms with Gasteiger partial charge in [-0.1, -0.05) is 50.1 Å². The highest BCUT2D eigenvalue weighted by molar-refractivity contribution is 5.92. The molecule has 2 heterocycles. The van der Waals surface area contributed by atoms with Gasteiger partial charge in [-0.05, 0) is 25.0 Å². The second-order valence-corrected chi connectivity index (χ2v) is 7.41. The van der Waals surface area contributed by atoms with E-state index in [4.69, 9.17) is 0 Å². The van der Waals surface area contributed by atoms with E-state index in [9.17, 15) is 4.79 Å². The van der Waals surface area contributed by atoms with Crippen molar-refractivity contribution in [2.24, 2.45) is 0 Å². The summed E-state index contributed by atoms with van der Waals surface area (Å²) < 4.78 is 0. The second-order valence-electron chi connectivity index (χ2n) is 7.41. The van der Waals surface area contributed by atoms with E-state index in [-0.39, 0.29) is 5.91 Å². The van der Waals surface area contributed by atoms with Crippen molar-refractivity contribution in [1.82, 2.24) is 20.2 Å². The molecule has 0 atom stereocenters. The quantitative estimate of drug-likeness (QED) is 0.712. The molecule has 6 heteroatoms. The Balaban J connectivity index is 1.57. The fourth-order valence-corrected chi connectivity index (χ4v) is 3.43. The van der Waals surface area contributed by atoms with Crippen LogP contribution in [0.1, 0.15) is 47.9 Å². The lowest BCUT2D eigenvalue weighted by Crippen LogP contribution is -2.46. The maximum absolute atomic E-state index is 12.4. The summed E-state index contributed by atoms with van der Waals surface area (Å²) in [7, 11) is 0. The molecular formula is C22H31N5O. The number of unbranched alkanes of at least 4 members (excludes halogenated alkanes) is 2. The minimum absolute atomic E-state index is 0.106. The molecule has 150 valence electrons. The number of hydrogen-bond donors (Lipinski definition) is 1. The van der Waals surface area contributed by atoms with Gasteiger partial charge in [-0.25, -0.2) is 9.97 Å². The summed E-state index contributed by atoms with van der Waals surface area (Å²) in [6.45, 7) is 9.40. The summed E-state index contributed by atoms with van der Waals surface area (Å²) in [5.74, 6) is 0.559. The van der Waals surface area contributed by atoms with Crippen LogP contribution in [0.4, 0.5) is 5.95 Å². The molecule has 1 fully saturated rings. The van der Waals surface area contributed by atoms with E-state index in [2.05, 4.69) is 56.3 Å². The van der Waals surface area contributed by atoms with E-state index in [1.807, 2.05) is 13.0 Å². The summed E-state index contributed by atoms with van der Waals surface area (Å²) >= 11 is 0. The fraction of sp³-hybridized carbons (Fsp3) is 0.500. The number of rotatable bonds is 8. The van der Waals surface area contributed by atoms with Crippen molar-refractivity contribution < 1.29 is 4.79 Å². The lowest BCUT2D eigenvalue weighted by atomic mass is 10.2. The molecule has 2 aromatic rings. The average molecular weight is 382 g/mol. The van der Waals surface area contributed by atoms with Crippen LogP contribution < -0.4 is 10.2 Å². The number of hydrogen-bond acceptors (Lipinski definition) is 5. The zero-order valence-corrected chi connectivity index (χ0v) is 17.0. The SMILES string of the molecule is CCCCCNC(=O)c1cc(C)nc(N2CCN(Cc3ccccc3)CC2)n1. The highest BCUT2D eigenvalue weighted by Crippen LogP contribution is 2.15. The number of carbonyl (C=O) groups excluding carboxylic acids is 1. The van der Waals surface area contributed by atoms with E-state index >= 15 is 0 Å². The number of nitrogens with zero attached hydrogens (tertiary/aromatic N) is 4. The van der Waals surface area contributed by atoms with E-state index < -0.39 is 0 Å². The molecule has 0 saturated carbocycles. The minimum atomic E-state index is -0.106. The van der Waals surface area contributed by atoms with Crippen molar-refractivity contribution in [3.8, 4) is 0 Å². The van der Waals surface area contributed by atoms with Crippen LogP contribution in [0.25, 0.3) is 0 Å². The van der Waals surface area contributed by atoms with Crippen LogP contribution in [-0.2, 0) is 6.54 Å². The Hall–Kier alpha value is -2.47. The van der Waals surface area contributed by atoms with Gasteiger partial charge in [0, 0.05) is 45.0 Å². The molecule has 0 spiro atoms. The van der Waals surface area contributed by atoms with Gasteiger partial charge in [-0.15, -0.1) is 0 Å². The largest absolute Gasteiger partial charge is 0.351 e. The normalized spacial score (nSPS) is 14.9. The minimum Gasteiger partial charge on any atom is -0.351 e. The lowest BCUT2D eigenvalue weighted by molar-refractivity contribution is 0.0947. The Morgan fingerprint density at radius 2 is 1.82 bits per heavy atom. The van der Waals surface area contributed by atoms with E-state index in [0.717, 1.165) is 57.7 Å². The average Bonchev–Trinajstić information content (AvgIpc) is 2.72. The number of aryl methyl sites for hydroxylation is 1. The summed E-state index contributed by atoms with van der Waals surface area (Å²) in [6, 6.07) is 12.3. The maximum Gasteiger partial charge on any atom is 0.270 e. The first-order valence-electron chi connectivity index (χ1n) is 10.3. The third-order valence-corrected chi connectivity index (χ3v) is 5.05. The van der Waals surface area contributed by atoms with Gasteiger partial charge < -0.3 is 10.2 Å². The predicted octanol–water partition coefficient (Wildman–Crippen LogP) is 3.03. The number of nitrogens with one attached hydrogen (secondary N) is 1. The molecule has 1 N–H and O–H groups in total. The first-order valence-corrected chi connectivity index (χ1v) is 10.3. The number of piperazine rings is 1. The number of aromatic nitrogens is 2. The predicted molar refractivity (Wildman–Crippen MR) is 113 cm³/mol. The molecule has 1 aliphatic rings. The molecule has 0 aliphatic carbocycles. The topological polar surface area (TPSA) is 61.4 Å². The summed E-state index contributed by atoms with van der Waals surface area (Å²) in [5.41, 5.74) is 2.63. The Kier molecular flexibility index (Phi) is 7.37. The molecule has 1 aromatic carbocycles. The zero-order chi connectivity index (χ0) is 19.8. The van der Waals surface area contributed by atoms with Gasteiger partial charge in [-0.3, -0.25) is 9.69 Å². The van der Waals surface area contributed by atoms with Crippen molar-refractivity contribution in [2.75, 3.05) is 37.6 Å². The lowest BCUT2D eigenvalue weighted by Gasteiger charge is -2.34. The van der Waals surface area contributed by atoms with Crippen LogP contribution in [0.2, 0.25) is 0 Å². The first kappa shape index (κ1) is 20.3. The van der Waals surface area contributed by atoms with Crippen LogP contribution in [0.3, 0.4) is 0 Å². The van der Waals surface area contributed by atoms with Crippen molar-refractivity contribution >= 4 is 11.9 Å². The van der Waals surface area contributed by atoms with Crippen molar-refractivity contribution in [1.29, 1.82) is 0 Å². The third-order valence-electron chi connectivity index (χ3n) is 5.05. The van der Waals surface area contributed by atoms with Crippen LogP contribution in [0.5, 0.6) is 0 Å². The molecule has 1 aromatic heterocycles. The molecule has 28 heavy (non-hydrogen) atoms. The van der Waals surface area contributed by atoms with Gasteiger partial charge in [0.05, 0.1) is 0 Å². The highest BCUT2D eigenvalue weighted by atomic mass is 16.1. The summed E-state index contributed by atoms with van der Waals surface area (Å²) in [4.78, 5) is 26.2. The Morgan fingerprint density at radius 1 is 1.07 bits per heavy atom. The molecule has 1 aliphatic heterocycles. The van der Waals surface area contributed by atoms with E-state index in [1.54, 1.807) is 6.07 Å². The van der Waals surface area contributed by atoms with E-state index in [0.29, 0.717) is 18.2 Å². The van der Waals surface area contributed by atoms with Crippen molar-refractivity contribution in [2.45, 2.75) is 39.7 Å². The van der Waals surface area contributed by atoms with Gasteiger partial charge in [0.25, 0.3) is 5.91 Å². The smallest absolute Gasteiger partial charge is 0.270 e. The maximum atomic E-state index is 12.4. The van der Waals surface area contributed by atoms with E-state index in [1.165, 1.54) is 5.56 Å². The van der Waals surface area contributed by atoms with Gasteiger partial charge >= 0.3 is 0 Å². The molecule has 0 unspecified atom stereocenters. The zero-order valence-electron chi connectivity index (χ0n) is 17.0. The third kappa shape index (κ3) is 5.76. The van der Waals surface area contributed by atoms with Crippen LogP contribution in [-0.4, -0.2) is 53.5 Å². The highest BCUT2D eigenvalue weighted by Gasteiger charge is 2.20. The number of benzene rings is 1.